The Labute approximate surface area is 133 Å². The minimum absolute atomic E-state index is 0.0392. The quantitative estimate of drug-likeness (QED) is 0.893. The van der Waals surface area contributed by atoms with Crippen LogP contribution < -0.4 is 0 Å². The number of H-pyrrole nitrogens is 1. The van der Waals surface area contributed by atoms with Crippen LogP contribution in [0, 0.1) is 0 Å². The first-order valence-electron chi connectivity index (χ1n) is 7.07. The first kappa shape index (κ1) is 15.5. The van der Waals surface area contributed by atoms with Crippen molar-refractivity contribution in [3.63, 3.8) is 0 Å². The number of aromatic nitrogens is 1. The van der Waals surface area contributed by atoms with Gasteiger partial charge in [0.1, 0.15) is 5.69 Å². The van der Waals surface area contributed by atoms with E-state index in [1.807, 2.05) is 17.5 Å². The number of sulfone groups is 1. The summed E-state index contributed by atoms with van der Waals surface area (Å²) >= 11 is 1.56. The second-order valence-electron chi connectivity index (χ2n) is 5.43. The zero-order valence-electron chi connectivity index (χ0n) is 12.2. The number of thiophene rings is 1. The summed E-state index contributed by atoms with van der Waals surface area (Å²) in [5.41, 5.74) is 1.43. The molecule has 120 valence electrons. The molecule has 8 heteroatoms. The van der Waals surface area contributed by atoms with Gasteiger partial charge in [0.25, 0.3) is 5.91 Å². The molecule has 6 nitrogen and oxygen atoms in total. The van der Waals surface area contributed by atoms with E-state index in [1.165, 1.54) is 0 Å². The minimum atomic E-state index is -3.04. The van der Waals surface area contributed by atoms with Crippen LogP contribution >= 0.6 is 11.3 Å². The number of hydrogen-bond acceptors (Lipinski definition) is 5. The highest BCUT2D eigenvalue weighted by molar-refractivity contribution is 7.91. The van der Waals surface area contributed by atoms with E-state index in [2.05, 4.69) is 4.98 Å². The summed E-state index contributed by atoms with van der Waals surface area (Å²) in [7, 11) is -1.47. The smallest absolute Gasteiger partial charge is 0.270 e. The monoisotopic (exact) mass is 342 g/mol. The van der Waals surface area contributed by atoms with E-state index in [9.17, 15) is 13.2 Å². The van der Waals surface area contributed by atoms with Crippen molar-refractivity contribution in [2.24, 2.45) is 0 Å². The second kappa shape index (κ2) is 6.02. The molecule has 3 rings (SSSR count). The molecule has 1 unspecified atom stereocenters. The molecular formula is C14H18N2O4S2. The van der Waals surface area contributed by atoms with Crippen LogP contribution in [0.3, 0.4) is 0 Å². The molecule has 2 aromatic heterocycles. The maximum atomic E-state index is 12.8. The Kier molecular flexibility index (Phi) is 4.24. The van der Waals surface area contributed by atoms with Crippen LogP contribution in [0.15, 0.2) is 17.5 Å². The molecule has 0 saturated carbocycles. The van der Waals surface area contributed by atoms with Crippen molar-refractivity contribution in [2.45, 2.75) is 12.5 Å². The van der Waals surface area contributed by atoms with Gasteiger partial charge in [-0.05, 0) is 23.9 Å². The number of aromatic amines is 1. The third-order valence-corrected chi connectivity index (χ3v) is 6.53. The van der Waals surface area contributed by atoms with Gasteiger partial charge in [0.15, 0.2) is 9.84 Å². The van der Waals surface area contributed by atoms with Crippen molar-refractivity contribution in [3.05, 3.63) is 23.2 Å². The fourth-order valence-electron chi connectivity index (χ4n) is 2.78. The van der Waals surface area contributed by atoms with Crippen LogP contribution in [0.4, 0.5) is 0 Å². The highest BCUT2D eigenvalue weighted by Crippen LogP contribution is 2.24. The van der Waals surface area contributed by atoms with Crippen molar-refractivity contribution in [1.29, 1.82) is 0 Å². The molecule has 0 aliphatic carbocycles. The summed E-state index contributed by atoms with van der Waals surface area (Å²) in [5, 5.41) is 1.96. The number of nitrogens with zero attached hydrogens (tertiary/aromatic N) is 1. The number of amides is 1. The van der Waals surface area contributed by atoms with Gasteiger partial charge in [0.05, 0.1) is 28.3 Å². The Bertz CT molecular complexity index is 749. The van der Waals surface area contributed by atoms with Gasteiger partial charge >= 0.3 is 0 Å². The third kappa shape index (κ3) is 3.04. The molecule has 2 aromatic rings. The Morgan fingerprint density at radius 3 is 3.00 bits per heavy atom. The topological polar surface area (TPSA) is 79.5 Å². The molecule has 0 aromatic carbocycles. The summed E-state index contributed by atoms with van der Waals surface area (Å²) < 4.78 is 29.5. The average molecular weight is 342 g/mol. The Hall–Kier alpha value is -1.38. The van der Waals surface area contributed by atoms with Crippen LogP contribution in [-0.4, -0.2) is 62.0 Å². The Balaban J connectivity index is 1.84. The Morgan fingerprint density at radius 2 is 2.36 bits per heavy atom. The van der Waals surface area contributed by atoms with Gasteiger partial charge in [0.2, 0.25) is 0 Å². The van der Waals surface area contributed by atoms with Crippen LogP contribution in [-0.2, 0) is 14.6 Å². The lowest BCUT2D eigenvalue weighted by Gasteiger charge is -2.27. The van der Waals surface area contributed by atoms with E-state index in [4.69, 9.17) is 4.74 Å². The predicted octanol–water partition coefficient (Wildman–Crippen LogP) is 1.51. The van der Waals surface area contributed by atoms with E-state index in [0.29, 0.717) is 25.3 Å². The van der Waals surface area contributed by atoms with Gasteiger partial charge < -0.3 is 14.6 Å². The van der Waals surface area contributed by atoms with Crippen molar-refractivity contribution >= 4 is 37.3 Å². The maximum absolute atomic E-state index is 12.8. The lowest BCUT2D eigenvalue weighted by Crippen LogP contribution is -2.43. The maximum Gasteiger partial charge on any atom is 0.270 e. The van der Waals surface area contributed by atoms with Gasteiger partial charge in [-0.2, -0.15) is 0 Å². The molecule has 1 N–H and O–H groups in total. The van der Waals surface area contributed by atoms with Crippen LogP contribution in [0.5, 0.6) is 0 Å². The first-order valence-corrected chi connectivity index (χ1v) is 9.77. The van der Waals surface area contributed by atoms with E-state index in [0.717, 1.165) is 10.2 Å². The molecule has 3 heterocycles. The molecule has 0 bridgehead atoms. The van der Waals surface area contributed by atoms with Crippen molar-refractivity contribution in [2.75, 3.05) is 31.8 Å². The summed E-state index contributed by atoms with van der Waals surface area (Å²) in [5.74, 6) is 0.0220. The van der Waals surface area contributed by atoms with Gasteiger partial charge in [-0.15, -0.1) is 11.3 Å². The molecule has 1 saturated heterocycles. The molecule has 1 amide bonds. The van der Waals surface area contributed by atoms with Crippen molar-refractivity contribution < 1.29 is 17.9 Å². The normalized spacial score (nSPS) is 20.5. The molecular weight excluding hydrogens is 324 g/mol. The molecule has 1 aliphatic heterocycles. The summed E-state index contributed by atoms with van der Waals surface area (Å²) in [6.07, 6.45) is 0.493. The van der Waals surface area contributed by atoms with Gasteiger partial charge in [-0.1, -0.05) is 0 Å². The highest BCUT2D eigenvalue weighted by atomic mass is 32.2. The predicted molar refractivity (Wildman–Crippen MR) is 86.1 cm³/mol. The van der Waals surface area contributed by atoms with E-state index >= 15 is 0 Å². The third-order valence-electron chi connectivity index (χ3n) is 3.92. The first-order chi connectivity index (χ1) is 10.5. The number of carbonyl (C=O) groups excluding carboxylic acids is 1. The zero-order chi connectivity index (χ0) is 15.7. The molecule has 0 spiro atoms. The fraction of sp³-hybridized carbons (Fsp3) is 0.500. The standard InChI is InChI=1S/C14H18N2O4S2/c1-20-5-4-16(10-3-7-22(18,19)9-10)14(17)12-8-13-11(15-12)2-6-21-13/h2,6,8,10,15H,3-5,7,9H2,1H3. The van der Waals surface area contributed by atoms with Crippen LogP contribution in [0.2, 0.25) is 0 Å². The molecule has 1 atom stereocenters. The average Bonchev–Trinajstić information content (AvgIpc) is 3.13. The van der Waals surface area contributed by atoms with Crippen LogP contribution in [0.25, 0.3) is 10.2 Å². The number of fused-ring (bicyclic) bond motifs is 1. The zero-order valence-corrected chi connectivity index (χ0v) is 13.9. The number of methoxy groups -OCH3 is 1. The largest absolute Gasteiger partial charge is 0.383 e. The summed E-state index contributed by atoms with van der Waals surface area (Å²) in [4.78, 5) is 17.5. The Morgan fingerprint density at radius 1 is 1.55 bits per heavy atom. The summed E-state index contributed by atoms with van der Waals surface area (Å²) in [6.45, 7) is 0.777. The fourth-order valence-corrected chi connectivity index (χ4v) is 5.29. The molecule has 1 aliphatic rings. The van der Waals surface area contributed by atoms with Gasteiger partial charge in [0, 0.05) is 19.7 Å². The van der Waals surface area contributed by atoms with Crippen molar-refractivity contribution in [3.8, 4) is 0 Å². The van der Waals surface area contributed by atoms with E-state index < -0.39 is 9.84 Å². The molecule has 0 radical (unpaired) electrons. The number of carbonyl (C=O) groups is 1. The number of ether oxygens (including phenoxy) is 1. The minimum Gasteiger partial charge on any atom is -0.383 e. The van der Waals surface area contributed by atoms with E-state index in [-0.39, 0.29) is 23.5 Å². The number of nitrogens with one attached hydrogen (secondary N) is 1. The van der Waals surface area contributed by atoms with Crippen molar-refractivity contribution in [1.82, 2.24) is 9.88 Å². The number of rotatable bonds is 5. The number of hydrogen-bond donors (Lipinski definition) is 1. The SMILES string of the molecule is COCCN(C(=O)c1cc2sccc2[nH]1)C1CCS(=O)(=O)C1. The lowest BCUT2D eigenvalue weighted by atomic mass is 10.2. The van der Waals surface area contributed by atoms with Gasteiger partial charge in [-0.3, -0.25) is 4.79 Å². The van der Waals surface area contributed by atoms with Gasteiger partial charge in [-0.25, -0.2) is 8.42 Å². The molecule has 22 heavy (non-hydrogen) atoms. The lowest BCUT2D eigenvalue weighted by molar-refractivity contribution is 0.0619. The second-order valence-corrected chi connectivity index (χ2v) is 8.61. The van der Waals surface area contributed by atoms with E-state index in [1.54, 1.807) is 23.3 Å². The molecule has 1 fully saturated rings. The van der Waals surface area contributed by atoms with Crippen LogP contribution in [0.1, 0.15) is 16.9 Å². The summed E-state index contributed by atoms with van der Waals surface area (Å²) in [6, 6.07) is 3.48. The highest BCUT2D eigenvalue weighted by Gasteiger charge is 2.35.